The Balaban J connectivity index is 3.56. The van der Waals surface area contributed by atoms with E-state index in [-0.39, 0.29) is 0 Å². The van der Waals surface area contributed by atoms with Gasteiger partial charge in [0, 0.05) is 26.7 Å². The average molecular weight is 340 g/mol. The van der Waals surface area contributed by atoms with E-state index >= 15 is 0 Å². The number of carboxylic acid groups (broad SMARTS) is 1. The maximum atomic E-state index is 9.70. The van der Waals surface area contributed by atoms with E-state index in [0.29, 0.717) is 3.77 Å². The molecule has 1 N–H and O–H groups in total. The van der Waals surface area contributed by atoms with E-state index in [4.69, 9.17) is 5.11 Å². The summed E-state index contributed by atoms with van der Waals surface area (Å²) in [7, 11) is 0. The van der Waals surface area contributed by atoms with Crippen LogP contribution in [0.2, 0.25) is 0 Å². The van der Waals surface area contributed by atoms with Gasteiger partial charge in [-0.25, -0.2) is 4.79 Å². The van der Waals surface area contributed by atoms with E-state index in [9.17, 15) is 4.79 Å². The predicted molar refractivity (Wildman–Crippen MR) is 45.2 cm³/mol. The molecule has 0 saturated heterocycles. The highest BCUT2D eigenvalue weighted by atomic mass is 127. The van der Waals surface area contributed by atoms with Gasteiger partial charge in [0.25, 0.3) is 0 Å². The Bertz CT molecular complexity index is 120. The molecule has 0 fully saturated rings. The van der Waals surface area contributed by atoms with Crippen LogP contribution in [0.5, 0.6) is 0 Å². The highest BCUT2D eigenvalue weighted by molar-refractivity contribution is 14.1. The summed E-state index contributed by atoms with van der Waals surface area (Å²) in [6.45, 7) is 0. The van der Waals surface area contributed by atoms with Gasteiger partial charge in [0.1, 0.15) is 0 Å². The number of rotatable bonds is 1. The van der Waals surface area contributed by atoms with Crippen molar-refractivity contribution in [3.63, 3.8) is 0 Å². The van der Waals surface area contributed by atoms with Crippen LogP contribution < -0.4 is 0 Å². The molecule has 0 spiro atoms. The van der Waals surface area contributed by atoms with Crippen LogP contribution in [0.3, 0.4) is 0 Å². The number of halogens is 2. The van der Waals surface area contributed by atoms with Crippen molar-refractivity contribution < 1.29 is 14.6 Å². The van der Waals surface area contributed by atoms with Gasteiger partial charge >= 0.3 is 6.16 Å². The molecule has 0 aliphatic heterocycles. The van der Waals surface area contributed by atoms with Crippen molar-refractivity contribution in [2.75, 3.05) is 0 Å². The molecule has 0 atom stereocenters. The lowest BCUT2D eigenvalue weighted by Crippen LogP contribution is -1.94. The molecule has 0 unspecified atom stereocenters. The van der Waals surface area contributed by atoms with Crippen LogP contribution in [0.15, 0.2) is 7.85 Å². The highest BCUT2D eigenvalue weighted by Gasteiger charge is 1.96. The molecule has 46 valence electrons. The molecular weight excluding hydrogens is 338 g/mol. The summed E-state index contributed by atoms with van der Waals surface area (Å²) in [4.78, 5) is 9.70. The third-order valence-corrected chi connectivity index (χ3v) is 2.56. The molecule has 0 aromatic carbocycles. The van der Waals surface area contributed by atoms with E-state index in [2.05, 4.69) is 4.74 Å². The molecule has 0 aromatic heterocycles. The summed E-state index contributed by atoms with van der Waals surface area (Å²) in [6.07, 6.45) is -1.28. The number of hydrogen-bond donors (Lipinski definition) is 1. The van der Waals surface area contributed by atoms with Crippen molar-refractivity contribution in [3.8, 4) is 0 Å². The Kier molecular flexibility index (Phi) is 4.61. The van der Waals surface area contributed by atoms with Crippen LogP contribution in [0.25, 0.3) is 0 Å². The molecule has 5 heteroatoms. The minimum absolute atomic E-state index is 0.357. The fraction of sp³-hybridized carbons (Fsp3) is 0. The summed E-state index contributed by atoms with van der Waals surface area (Å²) >= 11 is 3.66. The van der Waals surface area contributed by atoms with Crippen molar-refractivity contribution in [1.29, 1.82) is 0 Å². The molecule has 0 rings (SSSR count). The van der Waals surface area contributed by atoms with E-state index < -0.39 is 6.16 Å². The molecule has 0 aromatic rings. The molecule has 8 heavy (non-hydrogen) atoms. The summed E-state index contributed by atoms with van der Waals surface area (Å²) in [6, 6.07) is 0. The first-order valence-electron chi connectivity index (χ1n) is 1.53. The summed E-state index contributed by atoms with van der Waals surface area (Å²) in [5.74, 6) is 0. The van der Waals surface area contributed by atoms with Gasteiger partial charge in [0.15, 0.2) is 3.77 Å². The van der Waals surface area contributed by atoms with Crippen molar-refractivity contribution in [1.82, 2.24) is 0 Å². The molecule has 0 radical (unpaired) electrons. The number of hydrogen-bond acceptors (Lipinski definition) is 2. The third kappa shape index (κ3) is 4.62. The lowest BCUT2D eigenvalue weighted by Gasteiger charge is -1.91. The second-order valence-electron chi connectivity index (χ2n) is 0.781. The first-order valence-corrected chi connectivity index (χ1v) is 3.86. The molecule has 0 aliphatic carbocycles. The summed E-state index contributed by atoms with van der Waals surface area (Å²) in [5, 5.41) is 7.94. The van der Waals surface area contributed by atoms with E-state index in [1.54, 1.807) is 22.6 Å². The normalized spacial score (nSPS) is 11.0. The van der Waals surface area contributed by atoms with E-state index in [0.717, 1.165) is 0 Å². The largest absolute Gasteiger partial charge is 0.511 e. The lowest BCUT2D eigenvalue weighted by atomic mass is 11.1. The van der Waals surface area contributed by atoms with Crippen LogP contribution in [0, 0.1) is 0 Å². The maximum Gasteiger partial charge on any atom is 0.511 e. The van der Waals surface area contributed by atoms with Crippen molar-refractivity contribution in [2.24, 2.45) is 0 Å². The molecule has 0 aliphatic rings. The second kappa shape index (κ2) is 4.36. The zero-order chi connectivity index (χ0) is 6.57. The Labute approximate surface area is 73.4 Å². The Morgan fingerprint density at radius 3 is 2.38 bits per heavy atom. The van der Waals surface area contributed by atoms with Gasteiger partial charge < -0.3 is 9.84 Å². The van der Waals surface area contributed by atoms with Gasteiger partial charge in [-0.15, -0.1) is 0 Å². The molecule has 0 amide bonds. The Morgan fingerprint density at radius 1 is 1.75 bits per heavy atom. The zero-order valence-electron chi connectivity index (χ0n) is 3.60. The van der Waals surface area contributed by atoms with Crippen LogP contribution in [0.4, 0.5) is 4.79 Å². The van der Waals surface area contributed by atoms with Crippen molar-refractivity contribution in [3.05, 3.63) is 7.85 Å². The van der Waals surface area contributed by atoms with Crippen molar-refractivity contribution >= 4 is 51.3 Å². The molecule has 0 heterocycles. The van der Waals surface area contributed by atoms with Gasteiger partial charge in [0.2, 0.25) is 0 Å². The minimum atomic E-state index is -1.28. The SMILES string of the molecule is O=C(O)OC(I)=CI. The van der Waals surface area contributed by atoms with Gasteiger partial charge in [0.05, 0.1) is 0 Å². The van der Waals surface area contributed by atoms with Gasteiger partial charge in [-0.3, -0.25) is 0 Å². The topological polar surface area (TPSA) is 46.5 Å². The first kappa shape index (κ1) is 8.47. The van der Waals surface area contributed by atoms with Gasteiger partial charge in [-0.05, 0) is 22.6 Å². The minimum Gasteiger partial charge on any atom is -0.449 e. The summed E-state index contributed by atoms with van der Waals surface area (Å²) < 4.78 is 6.05. The third-order valence-electron chi connectivity index (χ3n) is 0.271. The van der Waals surface area contributed by atoms with Crippen LogP contribution in [-0.2, 0) is 4.74 Å². The number of ether oxygens (including phenoxy) is 1. The second-order valence-corrected chi connectivity index (χ2v) is 2.47. The molecular formula is C3H2I2O3. The van der Waals surface area contributed by atoms with Gasteiger partial charge in [-0.1, -0.05) is 0 Å². The maximum absolute atomic E-state index is 9.70. The van der Waals surface area contributed by atoms with E-state index in [1.165, 1.54) is 4.08 Å². The molecule has 3 nitrogen and oxygen atoms in total. The van der Waals surface area contributed by atoms with Crippen LogP contribution >= 0.6 is 45.2 Å². The monoisotopic (exact) mass is 340 g/mol. The zero-order valence-corrected chi connectivity index (χ0v) is 7.91. The molecule has 0 bridgehead atoms. The number of carbonyl (C=O) groups is 1. The Morgan fingerprint density at radius 2 is 2.25 bits per heavy atom. The fourth-order valence-electron chi connectivity index (χ4n) is 0.106. The molecule has 0 saturated carbocycles. The Hall–Kier alpha value is 0.470. The standard InChI is InChI=1S/C3H2I2O3/c4-1-2(5)8-3(6)7/h1H,(H,6,7). The predicted octanol–water partition coefficient (Wildman–Crippen LogP) is 2.35. The van der Waals surface area contributed by atoms with Crippen LogP contribution in [-0.4, -0.2) is 11.3 Å². The van der Waals surface area contributed by atoms with Crippen LogP contribution in [0.1, 0.15) is 0 Å². The van der Waals surface area contributed by atoms with Crippen molar-refractivity contribution in [2.45, 2.75) is 0 Å². The smallest absolute Gasteiger partial charge is 0.449 e. The van der Waals surface area contributed by atoms with E-state index in [1.807, 2.05) is 22.6 Å². The lowest BCUT2D eigenvalue weighted by molar-refractivity contribution is 0.127. The highest BCUT2D eigenvalue weighted by Crippen LogP contribution is 2.09. The average Bonchev–Trinajstić information content (AvgIpc) is 1.65. The fourth-order valence-corrected chi connectivity index (χ4v) is 0.421. The van der Waals surface area contributed by atoms with Gasteiger partial charge in [-0.2, -0.15) is 0 Å². The summed E-state index contributed by atoms with van der Waals surface area (Å²) in [5.41, 5.74) is 0. The quantitative estimate of drug-likeness (QED) is 0.453. The first-order chi connectivity index (χ1) is 3.66.